The molecule has 0 unspecified atom stereocenters. The van der Waals surface area contributed by atoms with Gasteiger partial charge in [-0.3, -0.25) is 4.90 Å². The predicted octanol–water partition coefficient (Wildman–Crippen LogP) is 3.42. The van der Waals surface area contributed by atoms with E-state index in [0.717, 1.165) is 12.2 Å². The number of nitrogens with one attached hydrogen (secondary N) is 1. The van der Waals surface area contributed by atoms with E-state index < -0.39 is 0 Å². The molecule has 114 valence electrons. The Balaban J connectivity index is 2.12. The van der Waals surface area contributed by atoms with Gasteiger partial charge in [0.1, 0.15) is 0 Å². The van der Waals surface area contributed by atoms with Gasteiger partial charge in [0.05, 0.1) is 6.54 Å². The second-order valence-corrected chi connectivity index (χ2v) is 6.16. The van der Waals surface area contributed by atoms with Crippen molar-refractivity contribution in [2.24, 2.45) is 0 Å². The highest BCUT2D eigenvalue weighted by atomic mass is 16.4. The standard InChI is InChI=1S/C16H24N4O/c1-6-20(13-9-7-12(2)8-10-13)15-19-18-14(21-15)11-17-16(3,4)5/h7-10,17H,6,11H2,1-5H3. The lowest BCUT2D eigenvalue weighted by Gasteiger charge is -2.19. The van der Waals surface area contributed by atoms with Crippen LogP contribution in [0.25, 0.3) is 0 Å². The molecule has 0 saturated carbocycles. The van der Waals surface area contributed by atoms with Crippen LogP contribution in [0.4, 0.5) is 11.7 Å². The Hall–Kier alpha value is -1.88. The summed E-state index contributed by atoms with van der Waals surface area (Å²) >= 11 is 0. The van der Waals surface area contributed by atoms with Crippen molar-refractivity contribution in [2.75, 3.05) is 11.4 Å². The van der Waals surface area contributed by atoms with Gasteiger partial charge in [0, 0.05) is 17.8 Å². The van der Waals surface area contributed by atoms with Crippen LogP contribution in [-0.4, -0.2) is 22.3 Å². The topological polar surface area (TPSA) is 54.2 Å². The van der Waals surface area contributed by atoms with Gasteiger partial charge in [-0.2, -0.15) is 0 Å². The zero-order valence-electron chi connectivity index (χ0n) is 13.5. The summed E-state index contributed by atoms with van der Waals surface area (Å²) in [5.41, 5.74) is 2.31. The average molecular weight is 288 g/mol. The van der Waals surface area contributed by atoms with Crippen LogP contribution in [0.5, 0.6) is 0 Å². The second kappa shape index (κ2) is 6.26. The van der Waals surface area contributed by atoms with Gasteiger partial charge in [0.2, 0.25) is 5.89 Å². The molecule has 0 aliphatic carbocycles. The smallest absolute Gasteiger partial charge is 0.322 e. The summed E-state index contributed by atoms with van der Waals surface area (Å²) in [6.45, 7) is 11.8. The molecule has 0 atom stereocenters. The van der Waals surface area contributed by atoms with Crippen LogP contribution < -0.4 is 10.2 Å². The van der Waals surface area contributed by atoms with Crippen molar-refractivity contribution in [3.63, 3.8) is 0 Å². The summed E-state index contributed by atoms with van der Waals surface area (Å²) < 4.78 is 5.76. The minimum absolute atomic E-state index is 0.0238. The molecule has 21 heavy (non-hydrogen) atoms. The van der Waals surface area contributed by atoms with Crippen molar-refractivity contribution in [1.29, 1.82) is 0 Å². The minimum Gasteiger partial charge on any atom is -0.406 e. The quantitative estimate of drug-likeness (QED) is 0.913. The highest BCUT2D eigenvalue weighted by Gasteiger charge is 2.16. The zero-order valence-corrected chi connectivity index (χ0v) is 13.5. The Morgan fingerprint density at radius 1 is 1.14 bits per heavy atom. The molecule has 1 heterocycles. The average Bonchev–Trinajstić information content (AvgIpc) is 2.87. The first-order valence-electron chi connectivity index (χ1n) is 7.30. The molecule has 5 heteroatoms. The van der Waals surface area contributed by atoms with E-state index in [-0.39, 0.29) is 5.54 Å². The van der Waals surface area contributed by atoms with E-state index in [2.05, 4.69) is 74.4 Å². The number of nitrogens with zero attached hydrogens (tertiary/aromatic N) is 3. The van der Waals surface area contributed by atoms with Gasteiger partial charge in [-0.25, -0.2) is 0 Å². The van der Waals surface area contributed by atoms with Crippen LogP contribution in [-0.2, 0) is 6.54 Å². The maximum absolute atomic E-state index is 5.76. The van der Waals surface area contributed by atoms with E-state index in [1.54, 1.807) is 0 Å². The van der Waals surface area contributed by atoms with Gasteiger partial charge < -0.3 is 9.73 Å². The first kappa shape index (κ1) is 15.5. The molecule has 1 aromatic heterocycles. The molecule has 0 fully saturated rings. The molecule has 0 bridgehead atoms. The van der Waals surface area contributed by atoms with Crippen molar-refractivity contribution in [3.8, 4) is 0 Å². The summed E-state index contributed by atoms with van der Waals surface area (Å²) in [7, 11) is 0. The molecule has 2 aromatic rings. The number of hydrogen-bond acceptors (Lipinski definition) is 5. The Kier molecular flexibility index (Phi) is 4.63. The number of anilines is 2. The summed E-state index contributed by atoms with van der Waals surface area (Å²) in [4.78, 5) is 2.01. The summed E-state index contributed by atoms with van der Waals surface area (Å²) in [5.74, 6) is 0.602. The number of aromatic nitrogens is 2. The molecule has 0 saturated heterocycles. The summed E-state index contributed by atoms with van der Waals surface area (Å²) in [6.07, 6.45) is 0. The predicted molar refractivity (Wildman–Crippen MR) is 84.7 cm³/mol. The third kappa shape index (κ3) is 4.29. The molecule has 0 radical (unpaired) electrons. The van der Waals surface area contributed by atoms with Crippen molar-refractivity contribution in [2.45, 2.75) is 46.7 Å². The molecule has 2 rings (SSSR count). The fourth-order valence-corrected chi connectivity index (χ4v) is 1.92. The van der Waals surface area contributed by atoms with Crippen LogP contribution >= 0.6 is 0 Å². The van der Waals surface area contributed by atoms with Crippen molar-refractivity contribution >= 4 is 11.7 Å². The second-order valence-electron chi connectivity index (χ2n) is 6.16. The summed E-state index contributed by atoms with van der Waals surface area (Å²) in [5, 5.41) is 11.6. The van der Waals surface area contributed by atoms with Gasteiger partial charge in [0.25, 0.3) is 0 Å². The van der Waals surface area contributed by atoms with Gasteiger partial charge in [-0.05, 0) is 46.8 Å². The Morgan fingerprint density at radius 3 is 2.38 bits per heavy atom. The Labute approximate surface area is 126 Å². The SMILES string of the molecule is CCN(c1ccc(C)cc1)c1nnc(CNC(C)(C)C)o1. The number of rotatable bonds is 5. The molecule has 0 amide bonds. The van der Waals surface area contributed by atoms with E-state index in [9.17, 15) is 0 Å². The normalized spacial score (nSPS) is 11.7. The molecule has 1 N–H and O–H groups in total. The van der Waals surface area contributed by atoms with Crippen LogP contribution in [0.15, 0.2) is 28.7 Å². The highest BCUT2D eigenvalue weighted by molar-refractivity contribution is 5.56. The van der Waals surface area contributed by atoms with Gasteiger partial charge in [0.15, 0.2) is 0 Å². The van der Waals surface area contributed by atoms with Crippen molar-refractivity contribution in [3.05, 3.63) is 35.7 Å². The van der Waals surface area contributed by atoms with Crippen molar-refractivity contribution in [1.82, 2.24) is 15.5 Å². The van der Waals surface area contributed by atoms with E-state index >= 15 is 0 Å². The van der Waals surface area contributed by atoms with E-state index in [1.807, 2.05) is 4.90 Å². The largest absolute Gasteiger partial charge is 0.406 e. The van der Waals surface area contributed by atoms with Crippen LogP contribution in [0.2, 0.25) is 0 Å². The van der Waals surface area contributed by atoms with E-state index in [0.29, 0.717) is 18.5 Å². The van der Waals surface area contributed by atoms with Gasteiger partial charge in [-0.1, -0.05) is 22.8 Å². The van der Waals surface area contributed by atoms with Crippen LogP contribution in [0.3, 0.4) is 0 Å². The Bertz CT molecular complexity index is 569. The molecule has 1 aromatic carbocycles. The van der Waals surface area contributed by atoms with E-state index in [1.165, 1.54) is 5.56 Å². The maximum Gasteiger partial charge on any atom is 0.322 e. The summed E-state index contributed by atoms with van der Waals surface area (Å²) in [6, 6.07) is 8.83. The monoisotopic (exact) mass is 288 g/mol. The van der Waals surface area contributed by atoms with Crippen LogP contribution in [0, 0.1) is 6.92 Å². The molecule has 0 aliphatic heterocycles. The van der Waals surface area contributed by atoms with Gasteiger partial charge >= 0.3 is 6.01 Å². The maximum atomic E-state index is 5.76. The van der Waals surface area contributed by atoms with E-state index in [4.69, 9.17) is 4.42 Å². The fraction of sp³-hybridized carbons (Fsp3) is 0.500. The van der Waals surface area contributed by atoms with Crippen molar-refractivity contribution < 1.29 is 4.42 Å². The molecule has 5 nitrogen and oxygen atoms in total. The lowest BCUT2D eigenvalue weighted by Crippen LogP contribution is -2.35. The third-order valence-corrected chi connectivity index (χ3v) is 3.12. The third-order valence-electron chi connectivity index (χ3n) is 3.12. The lowest BCUT2D eigenvalue weighted by atomic mass is 10.1. The molecular weight excluding hydrogens is 264 g/mol. The first-order valence-corrected chi connectivity index (χ1v) is 7.30. The fourth-order valence-electron chi connectivity index (χ4n) is 1.92. The zero-order chi connectivity index (χ0) is 15.5. The van der Waals surface area contributed by atoms with Crippen LogP contribution in [0.1, 0.15) is 39.1 Å². The molecule has 0 spiro atoms. The first-order chi connectivity index (χ1) is 9.89. The lowest BCUT2D eigenvalue weighted by molar-refractivity contribution is 0.382. The molecule has 0 aliphatic rings. The number of benzene rings is 1. The minimum atomic E-state index is 0.0238. The Morgan fingerprint density at radius 2 is 1.81 bits per heavy atom. The number of aryl methyl sites for hydroxylation is 1. The highest BCUT2D eigenvalue weighted by Crippen LogP contribution is 2.24. The van der Waals surface area contributed by atoms with Gasteiger partial charge in [-0.15, -0.1) is 5.10 Å². The number of hydrogen-bond donors (Lipinski definition) is 1. The molecular formula is C16H24N4O.